The van der Waals surface area contributed by atoms with E-state index in [0.29, 0.717) is 33.5 Å². The number of benzene rings is 3. The van der Waals surface area contributed by atoms with E-state index in [0.717, 1.165) is 12.1 Å². The van der Waals surface area contributed by atoms with E-state index in [1.807, 2.05) is 0 Å². The zero-order valence-electron chi connectivity index (χ0n) is 18.3. The second-order valence-corrected chi connectivity index (χ2v) is 7.58. The highest BCUT2D eigenvalue weighted by Gasteiger charge is 2.31. The summed E-state index contributed by atoms with van der Waals surface area (Å²) in [6.45, 7) is -0.167. The van der Waals surface area contributed by atoms with E-state index < -0.39 is 23.5 Å². The largest absolute Gasteiger partial charge is 0.496 e. The van der Waals surface area contributed by atoms with Gasteiger partial charge in [0, 0.05) is 5.56 Å². The van der Waals surface area contributed by atoms with Crippen molar-refractivity contribution in [2.75, 3.05) is 14.2 Å². The summed E-state index contributed by atoms with van der Waals surface area (Å²) in [4.78, 5) is 24.3. The quantitative estimate of drug-likeness (QED) is 0.368. The third-order valence-corrected chi connectivity index (χ3v) is 5.46. The van der Waals surface area contributed by atoms with Gasteiger partial charge in [-0.3, -0.25) is 9.36 Å². The van der Waals surface area contributed by atoms with E-state index in [1.54, 1.807) is 42.5 Å². The fourth-order valence-electron chi connectivity index (χ4n) is 3.81. The molecule has 0 aliphatic carbocycles. The number of alkyl halides is 3. The standard InChI is InChI=1S/C25H20F3NO5/c1-32-21-10-7-15(12-23(30)33-2)11-19(21)18-9-8-17(25(26,27)28)13-16(18)14-29-20-5-3-4-6-22(20)34-24(29)31/h3-11,13H,12,14H2,1-2H3. The van der Waals surface area contributed by atoms with Gasteiger partial charge in [-0.05, 0) is 53.1 Å². The van der Waals surface area contributed by atoms with Crippen LogP contribution in [0.1, 0.15) is 16.7 Å². The molecule has 0 unspecified atom stereocenters. The molecule has 1 heterocycles. The number of fused-ring (bicyclic) bond motifs is 1. The minimum absolute atomic E-state index is 0.0186. The minimum Gasteiger partial charge on any atom is -0.496 e. The average Bonchev–Trinajstić information content (AvgIpc) is 3.13. The summed E-state index contributed by atoms with van der Waals surface area (Å²) in [7, 11) is 2.71. The number of esters is 1. The van der Waals surface area contributed by atoms with Gasteiger partial charge in [0.2, 0.25) is 0 Å². The molecule has 0 aliphatic heterocycles. The fraction of sp³-hybridized carbons (Fsp3) is 0.200. The van der Waals surface area contributed by atoms with E-state index >= 15 is 0 Å². The lowest BCUT2D eigenvalue weighted by Crippen LogP contribution is -2.16. The lowest BCUT2D eigenvalue weighted by molar-refractivity contribution is -0.140. The van der Waals surface area contributed by atoms with Crippen LogP contribution in [0.4, 0.5) is 13.2 Å². The molecule has 1 aromatic heterocycles. The maximum atomic E-state index is 13.5. The first-order valence-corrected chi connectivity index (χ1v) is 10.2. The van der Waals surface area contributed by atoms with E-state index in [2.05, 4.69) is 0 Å². The number of carbonyl (C=O) groups excluding carboxylic acids is 1. The Morgan fingerprint density at radius 1 is 1.00 bits per heavy atom. The van der Waals surface area contributed by atoms with E-state index in [4.69, 9.17) is 13.9 Å². The third kappa shape index (κ3) is 4.54. The Labute approximate surface area is 192 Å². The SMILES string of the molecule is COC(=O)Cc1ccc(OC)c(-c2ccc(C(F)(F)F)cc2Cn2c(=O)oc3ccccc32)c1. The van der Waals surface area contributed by atoms with Gasteiger partial charge in [-0.15, -0.1) is 0 Å². The zero-order chi connectivity index (χ0) is 24.5. The van der Waals surface area contributed by atoms with Crippen LogP contribution in [0, 0.1) is 0 Å². The molecule has 0 N–H and O–H groups in total. The van der Waals surface area contributed by atoms with Gasteiger partial charge < -0.3 is 13.9 Å². The minimum atomic E-state index is -4.58. The fourth-order valence-corrected chi connectivity index (χ4v) is 3.81. The predicted molar refractivity (Wildman–Crippen MR) is 119 cm³/mol. The first-order valence-electron chi connectivity index (χ1n) is 10.2. The topological polar surface area (TPSA) is 70.7 Å². The number of aromatic nitrogens is 1. The van der Waals surface area contributed by atoms with Crippen molar-refractivity contribution in [1.82, 2.24) is 4.57 Å². The molecule has 34 heavy (non-hydrogen) atoms. The van der Waals surface area contributed by atoms with Crippen LogP contribution in [0.3, 0.4) is 0 Å². The van der Waals surface area contributed by atoms with Crippen LogP contribution in [0.2, 0.25) is 0 Å². The number of para-hydroxylation sites is 2. The summed E-state index contributed by atoms with van der Waals surface area (Å²) in [5, 5.41) is 0. The molecule has 3 aromatic carbocycles. The van der Waals surface area contributed by atoms with E-state index in [-0.39, 0.29) is 18.5 Å². The summed E-state index contributed by atoms with van der Waals surface area (Å²) in [6.07, 6.45) is -4.59. The van der Waals surface area contributed by atoms with Crippen molar-refractivity contribution in [3.63, 3.8) is 0 Å². The molecular weight excluding hydrogens is 451 g/mol. The van der Waals surface area contributed by atoms with Crippen LogP contribution >= 0.6 is 0 Å². The first-order chi connectivity index (χ1) is 16.2. The van der Waals surface area contributed by atoms with Crippen LogP contribution in [0.25, 0.3) is 22.2 Å². The summed E-state index contributed by atoms with van der Waals surface area (Å²) in [5.74, 6) is -0.741. The number of halogens is 3. The van der Waals surface area contributed by atoms with Crippen LogP contribution in [0.15, 0.2) is 69.9 Å². The van der Waals surface area contributed by atoms with Crippen molar-refractivity contribution >= 4 is 17.1 Å². The Morgan fingerprint density at radius 3 is 2.47 bits per heavy atom. The van der Waals surface area contributed by atoms with Gasteiger partial charge in [-0.2, -0.15) is 13.2 Å². The Morgan fingerprint density at radius 2 is 1.76 bits per heavy atom. The number of oxazole rings is 1. The van der Waals surface area contributed by atoms with Gasteiger partial charge in [0.25, 0.3) is 0 Å². The molecule has 0 amide bonds. The maximum absolute atomic E-state index is 13.5. The Bertz CT molecular complexity index is 1420. The molecule has 0 fully saturated rings. The summed E-state index contributed by atoms with van der Waals surface area (Å²) in [5.41, 5.74) is 1.68. The van der Waals surface area contributed by atoms with Gasteiger partial charge in [0.05, 0.1) is 38.3 Å². The molecule has 4 rings (SSSR count). The Kier molecular flexibility index (Phi) is 6.19. The van der Waals surface area contributed by atoms with Crippen LogP contribution in [-0.2, 0) is 28.7 Å². The number of nitrogens with zero attached hydrogens (tertiary/aromatic N) is 1. The molecule has 0 spiro atoms. The monoisotopic (exact) mass is 471 g/mol. The number of hydrogen-bond donors (Lipinski definition) is 0. The summed E-state index contributed by atoms with van der Waals surface area (Å²) < 4.78 is 57.3. The van der Waals surface area contributed by atoms with Gasteiger partial charge in [-0.1, -0.05) is 24.3 Å². The highest BCUT2D eigenvalue weighted by molar-refractivity contribution is 5.78. The lowest BCUT2D eigenvalue weighted by atomic mass is 9.94. The molecule has 0 radical (unpaired) electrons. The van der Waals surface area contributed by atoms with Crippen molar-refractivity contribution in [3.05, 3.63) is 87.9 Å². The number of carbonyl (C=O) groups is 1. The highest BCUT2D eigenvalue weighted by Crippen LogP contribution is 2.38. The van der Waals surface area contributed by atoms with Gasteiger partial charge >= 0.3 is 17.9 Å². The normalized spacial score (nSPS) is 11.6. The maximum Gasteiger partial charge on any atom is 0.420 e. The Balaban J connectivity index is 1.90. The van der Waals surface area contributed by atoms with Crippen molar-refractivity contribution in [3.8, 4) is 16.9 Å². The first kappa shape index (κ1) is 23.2. The third-order valence-electron chi connectivity index (χ3n) is 5.46. The molecule has 4 aromatic rings. The second-order valence-electron chi connectivity index (χ2n) is 7.58. The average molecular weight is 471 g/mol. The highest BCUT2D eigenvalue weighted by atomic mass is 19.4. The molecular formula is C25H20F3NO5. The van der Waals surface area contributed by atoms with E-state index in [9.17, 15) is 22.8 Å². The van der Waals surface area contributed by atoms with Crippen LogP contribution in [0.5, 0.6) is 5.75 Å². The number of ether oxygens (including phenoxy) is 2. The lowest BCUT2D eigenvalue weighted by Gasteiger charge is -2.17. The smallest absolute Gasteiger partial charge is 0.420 e. The van der Waals surface area contributed by atoms with Gasteiger partial charge in [0.15, 0.2) is 5.58 Å². The number of methoxy groups -OCH3 is 2. The number of rotatable bonds is 6. The summed E-state index contributed by atoms with van der Waals surface area (Å²) >= 11 is 0. The van der Waals surface area contributed by atoms with Gasteiger partial charge in [0.1, 0.15) is 5.75 Å². The van der Waals surface area contributed by atoms with Crippen molar-refractivity contribution in [1.29, 1.82) is 0 Å². The molecule has 0 bridgehead atoms. The molecule has 0 saturated heterocycles. The van der Waals surface area contributed by atoms with E-state index in [1.165, 1.54) is 24.9 Å². The van der Waals surface area contributed by atoms with Crippen molar-refractivity contribution < 1.29 is 31.9 Å². The molecule has 176 valence electrons. The second kappa shape index (κ2) is 9.09. The summed E-state index contributed by atoms with van der Waals surface area (Å²) in [6, 6.07) is 15.0. The number of hydrogen-bond acceptors (Lipinski definition) is 5. The predicted octanol–water partition coefficient (Wildman–Crippen LogP) is 5.05. The zero-order valence-corrected chi connectivity index (χ0v) is 18.3. The molecule has 6 nitrogen and oxygen atoms in total. The van der Waals surface area contributed by atoms with Crippen molar-refractivity contribution in [2.45, 2.75) is 19.1 Å². The Hall–Kier alpha value is -4.01. The molecule has 0 saturated carbocycles. The van der Waals surface area contributed by atoms with Crippen LogP contribution < -0.4 is 10.5 Å². The molecule has 9 heteroatoms. The molecule has 0 atom stereocenters. The van der Waals surface area contributed by atoms with Crippen LogP contribution in [-0.4, -0.2) is 24.8 Å². The van der Waals surface area contributed by atoms with Gasteiger partial charge in [-0.25, -0.2) is 4.79 Å². The van der Waals surface area contributed by atoms with Crippen molar-refractivity contribution in [2.24, 2.45) is 0 Å². The molecule has 0 aliphatic rings.